The van der Waals surface area contributed by atoms with E-state index in [9.17, 15) is 8.78 Å². The van der Waals surface area contributed by atoms with E-state index in [4.69, 9.17) is 4.74 Å². The number of hydrogen-bond acceptors (Lipinski definition) is 4. The van der Waals surface area contributed by atoms with Gasteiger partial charge in [0.15, 0.2) is 6.61 Å². The molecule has 0 aromatic carbocycles. The van der Waals surface area contributed by atoms with Crippen LogP contribution in [0.3, 0.4) is 0 Å². The molecule has 0 bridgehead atoms. The lowest BCUT2D eigenvalue weighted by Crippen LogP contribution is -2.35. The van der Waals surface area contributed by atoms with Gasteiger partial charge in [-0.3, -0.25) is 0 Å². The van der Waals surface area contributed by atoms with Gasteiger partial charge in [-0.25, -0.2) is 8.78 Å². The molecule has 94 valence electrons. The van der Waals surface area contributed by atoms with Crippen LogP contribution in [0.25, 0.3) is 0 Å². The zero-order valence-electron chi connectivity index (χ0n) is 9.57. The van der Waals surface area contributed by atoms with Gasteiger partial charge in [0, 0.05) is 6.42 Å². The van der Waals surface area contributed by atoms with Crippen molar-refractivity contribution in [3.8, 4) is 5.75 Å². The zero-order chi connectivity index (χ0) is 12.5. The molecule has 2 rings (SSSR count). The van der Waals surface area contributed by atoms with Crippen molar-refractivity contribution in [2.75, 3.05) is 6.61 Å². The van der Waals surface area contributed by atoms with Gasteiger partial charge in [-0.2, -0.15) is 0 Å². The maximum absolute atomic E-state index is 12.0. The number of rotatable bonds is 3. The van der Waals surface area contributed by atoms with E-state index in [0.29, 0.717) is 12.1 Å². The highest BCUT2D eigenvalue weighted by atomic mass is 32.1. The molecule has 1 aliphatic rings. The van der Waals surface area contributed by atoms with Gasteiger partial charge in [0.1, 0.15) is 17.1 Å². The SMILES string of the molecule is CC1(C)C/C(=N\OCC(F)F)c2sccc2O1. The van der Waals surface area contributed by atoms with Crippen molar-refractivity contribution in [3.05, 3.63) is 16.3 Å². The molecule has 0 unspecified atom stereocenters. The van der Waals surface area contributed by atoms with Crippen LogP contribution in [0.4, 0.5) is 8.78 Å². The average molecular weight is 261 g/mol. The molecular weight excluding hydrogens is 248 g/mol. The topological polar surface area (TPSA) is 30.8 Å². The summed E-state index contributed by atoms with van der Waals surface area (Å²) in [6.45, 7) is 3.18. The summed E-state index contributed by atoms with van der Waals surface area (Å²) in [7, 11) is 0. The Hall–Kier alpha value is -1.17. The number of thiophene rings is 1. The Morgan fingerprint density at radius 2 is 2.35 bits per heavy atom. The van der Waals surface area contributed by atoms with Gasteiger partial charge < -0.3 is 9.57 Å². The first kappa shape index (κ1) is 12.3. The lowest BCUT2D eigenvalue weighted by atomic mass is 9.97. The third-order valence-electron chi connectivity index (χ3n) is 2.25. The van der Waals surface area contributed by atoms with Crippen LogP contribution < -0.4 is 4.74 Å². The molecule has 0 saturated carbocycles. The van der Waals surface area contributed by atoms with Gasteiger partial charge in [-0.1, -0.05) is 5.16 Å². The molecule has 1 aliphatic heterocycles. The van der Waals surface area contributed by atoms with Gasteiger partial charge in [-0.05, 0) is 25.3 Å². The summed E-state index contributed by atoms with van der Waals surface area (Å²) in [5.74, 6) is 0.741. The van der Waals surface area contributed by atoms with E-state index in [-0.39, 0.29) is 5.60 Å². The molecule has 0 N–H and O–H groups in total. The molecule has 17 heavy (non-hydrogen) atoms. The fourth-order valence-electron chi connectivity index (χ4n) is 1.65. The predicted molar refractivity (Wildman–Crippen MR) is 62.1 cm³/mol. The first-order chi connectivity index (χ1) is 7.98. The first-order valence-corrected chi connectivity index (χ1v) is 6.10. The van der Waals surface area contributed by atoms with E-state index in [2.05, 4.69) is 9.99 Å². The van der Waals surface area contributed by atoms with Gasteiger partial charge >= 0.3 is 0 Å². The second-order valence-corrected chi connectivity index (χ2v) is 5.29. The number of halogens is 2. The highest BCUT2D eigenvalue weighted by Crippen LogP contribution is 2.36. The fraction of sp³-hybridized carbons (Fsp3) is 0.545. The number of ether oxygens (including phenoxy) is 1. The Balaban J connectivity index is 2.17. The summed E-state index contributed by atoms with van der Waals surface area (Å²) in [6.07, 6.45) is -1.96. The number of hydrogen-bond donors (Lipinski definition) is 0. The lowest BCUT2D eigenvalue weighted by molar-refractivity contribution is 0.0190. The van der Waals surface area contributed by atoms with Gasteiger partial charge in [0.25, 0.3) is 6.43 Å². The lowest BCUT2D eigenvalue weighted by Gasteiger charge is -2.31. The average Bonchev–Trinajstić information content (AvgIpc) is 2.62. The van der Waals surface area contributed by atoms with Crippen LogP contribution in [-0.4, -0.2) is 24.3 Å². The molecule has 0 amide bonds. The zero-order valence-corrected chi connectivity index (χ0v) is 10.4. The first-order valence-electron chi connectivity index (χ1n) is 5.22. The maximum atomic E-state index is 12.0. The highest BCUT2D eigenvalue weighted by molar-refractivity contribution is 7.12. The van der Waals surface area contributed by atoms with Crippen LogP contribution in [0.15, 0.2) is 16.6 Å². The van der Waals surface area contributed by atoms with Crippen LogP contribution in [-0.2, 0) is 4.84 Å². The van der Waals surface area contributed by atoms with Crippen molar-refractivity contribution >= 4 is 17.0 Å². The number of alkyl halides is 2. The Bertz CT molecular complexity index is 429. The van der Waals surface area contributed by atoms with Gasteiger partial charge in [-0.15, -0.1) is 11.3 Å². The molecule has 0 spiro atoms. The van der Waals surface area contributed by atoms with E-state index in [1.807, 2.05) is 25.3 Å². The van der Waals surface area contributed by atoms with Crippen LogP contribution in [0.1, 0.15) is 25.1 Å². The van der Waals surface area contributed by atoms with E-state index >= 15 is 0 Å². The summed E-state index contributed by atoms with van der Waals surface area (Å²) >= 11 is 1.47. The van der Waals surface area contributed by atoms with Crippen LogP contribution in [0, 0.1) is 0 Å². The van der Waals surface area contributed by atoms with E-state index in [1.54, 1.807) is 0 Å². The number of fused-ring (bicyclic) bond motifs is 1. The summed E-state index contributed by atoms with van der Waals surface area (Å²) in [5, 5.41) is 5.68. The van der Waals surface area contributed by atoms with Crippen molar-refractivity contribution in [3.63, 3.8) is 0 Å². The molecular formula is C11H13F2NO2S. The second kappa shape index (κ2) is 4.60. The Kier molecular flexibility index (Phi) is 3.33. The maximum Gasteiger partial charge on any atom is 0.274 e. The molecule has 6 heteroatoms. The summed E-state index contributed by atoms with van der Waals surface area (Å²) in [4.78, 5) is 5.50. The molecule has 0 radical (unpaired) electrons. The molecule has 1 aromatic rings. The summed E-state index contributed by atoms with van der Waals surface area (Å²) in [5.41, 5.74) is 0.285. The van der Waals surface area contributed by atoms with E-state index in [1.165, 1.54) is 11.3 Å². The number of oxime groups is 1. The largest absolute Gasteiger partial charge is 0.486 e. The van der Waals surface area contributed by atoms with Crippen molar-refractivity contribution in [2.24, 2.45) is 5.16 Å². The van der Waals surface area contributed by atoms with Crippen LogP contribution in [0.2, 0.25) is 0 Å². The van der Waals surface area contributed by atoms with Crippen molar-refractivity contribution < 1.29 is 18.4 Å². The highest BCUT2D eigenvalue weighted by Gasteiger charge is 2.32. The minimum atomic E-state index is -2.50. The summed E-state index contributed by atoms with van der Waals surface area (Å²) < 4.78 is 29.7. The Labute approximate surface area is 102 Å². The molecule has 2 heterocycles. The third kappa shape index (κ3) is 2.94. The molecule has 1 aromatic heterocycles. The smallest absolute Gasteiger partial charge is 0.274 e. The molecule has 0 aliphatic carbocycles. The summed E-state index contributed by atoms with van der Waals surface area (Å²) in [6, 6.07) is 1.85. The van der Waals surface area contributed by atoms with Crippen molar-refractivity contribution in [1.29, 1.82) is 0 Å². The quantitative estimate of drug-likeness (QED) is 0.782. The Morgan fingerprint density at radius 1 is 1.59 bits per heavy atom. The third-order valence-corrected chi connectivity index (χ3v) is 3.19. The van der Waals surface area contributed by atoms with Crippen molar-refractivity contribution in [2.45, 2.75) is 32.3 Å². The molecule has 3 nitrogen and oxygen atoms in total. The van der Waals surface area contributed by atoms with Crippen LogP contribution >= 0.6 is 11.3 Å². The fourth-order valence-corrected chi connectivity index (χ4v) is 2.45. The van der Waals surface area contributed by atoms with Crippen LogP contribution in [0.5, 0.6) is 5.75 Å². The second-order valence-electron chi connectivity index (χ2n) is 4.38. The standard InChI is InChI=1S/C11H13F2NO2S/c1-11(2)5-7(14-15-6-9(12)13)10-8(16-11)3-4-17-10/h3-4,9H,5-6H2,1-2H3/b14-7+. The van der Waals surface area contributed by atoms with Gasteiger partial charge in [0.2, 0.25) is 0 Å². The minimum absolute atomic E-state index is 0.388. The normalized spacial score (nSPS) is 20.2. The van der Waals surface area contributed by atoms with E-state index in [0.717, 1.165) is 10.6 Å². The minimum Gasteiger partial charge on any atom is -0.486 e. The molecule has 0 fully saturated rings. The number of nitrogens with zero attached hydrogens (tertiary/aromatic N) is 1. The Morgan fingerprint density at radius 3 is 3.06 bits per heavy atom. The predicted octanol–water partition coefficient (Wildman–Crippen LogP) is 3.30. The van der Waals surface area contributed by atoms with E-state index < -0.39 is 13.0 Å². The monoisotopic (exact) mass is 261 g/mol. The molecule has 0 atom stereocenters. The van der Waals surface area contributed by atoms with Crippen molar-refractivity contribution in [1.82, 2.24) is 0 Å². The molecule has 0 saturated heterocycles. The van der Waals surface area contributed by atoms with Gasteiger partial charge in [0.05, 0.1) is 4.88 Å².